The summed E-state index contributed by atoms with van der Waals surface area (Å²) in [6.07, 6.45) is 3.06. The van der Waals surface area contributed by atoms with Crippen molar-refractivity contribution in [1.82, 2.24) is 0 Å². The van der Waals surface area contributed by atoms with Crippen LogP contribution in [0.25, 0.3) is 0 Å². The molecule has 0 amide bonds. The molecule has 0 aliphatic rings. The minimum absolute atomic E-state index is 0.0188. The van der Waals surface area contributed by atoms with E-state index in [0.29, 0.717) is 5.56 Å². The number of hydrogen-bond acceptors (Lipinski definition) is 3. The third kappa shape index (κ3) is 3.59. The van der Waals surface area contributed by atoms with Crippen molar-refractivity contribution in [3.63, 3.8) is 0 Å². The number of aryl methyl sites for hydroxylation is 1. The maximum absolute atomic E-state index is 13.3. The van der Waals surface area contributed by atoms with E-state index in [-0.39, 0.29) is 5.56 Å². The Morgan fingerprint density at radius 1 is 1.00 bits per heavy atom. The molecule has 0 unspecified atom stereocenters. The Morgan fingerprint density at radius 3 is 2.20 bits per heavy atom. The van der Waals surface area contributed by atoms with Gasteiger partial charge in [-0.2, -0.15) is 15.5 Å². The fraction of sp³-hybridized carbons (Fsp3) is 0.0625. The lowest BCUT2D eigenvalue weighted by Gasteiger charge is -1.94. The van der Waals surface area contributed by atoms with Gasteiger partial charge in [0.2, 0.25) is 0 Å². The van der Waals surface area contributed by atoms with Gasteiger partial charge in [0.05, 0.1) is 18.0 Å². The summed E-state index contributed by atoms with van der Waals surface area (Å²) in [6, 6.07) is 13.9. The van der Waals surface area contributed by atoms with Gasteiger partial charge in [-0.1, -0.05) is 35.9 Å². The number of nitriles is 1. The molecule has 0 saturated heterocycles. The third-order valence-corrected chi connectivity index (χ3v) is 2.67. The van der Waals surface area contributed by atoms with E-state index in [1.165, 1.54) is 23.9 Å². The minimum atomic E-state index is -0.557. The van der Waals surface area contributed by atoms with Crippen LogP contribution in [0.15, 0.2) is 52.7 Å². The maximum atomic E-state index is 13.3. The lowest BCUT2D eigenvalue weighted by atomic mass is 10.1. The normalized spacial score (nSPS) is 11.1. The summed E-state index contributed by atoms with van der Waals surface area (Å²) in [4.78, 5) is 0. The van der Waals surface area contributed by atoms with E-state index in [2.05, 4.69) is 10.2 Å². The molecule has 0 saturated carbocycles. The fourth-order valence-corrected chi connectivity index (χ4v) is 1.55. The number of rotatable bonds is 3. The van der Waals surface area contributed by atoms with Gasteiger partial charge in [0, 0.05) is 0 Å². The van der Waals surface area contributed by atoms with Crippen LogP contribution in [0, 0.1) is 24.1 Å². The van der Waals surface area contributed by atoms with Crippen LogP contribution in [0.2, 0.25) is 0 Å². The molecule has 2 aromatic carbocycles. The van der Waals surface area contributed by atoms with Crippen molar-refractivity contribution in [1.29, 1.82) is 5.26 Å². The summed E-state index contributed by atoms with van der Waals surface area (Å²) in [7, 11) is 0. The van der Waals surface area contributed by atoms with E-state index in [9.17, 15) is 4.39 Å². The quantitative estimate of drug-likeness (QED) is 0.619. The average Bonchev–Trinajstić information content (AvgIpc) is 2.46. The highest BCUT2D eigenvalue weighted by molar-refractivity contribution is 5.82. The van der Waals surface area contributed by atoms with E-state index < -0.39 is 5.82 Å². The Hall–Kier alpha value is -2.80. The highest BCUT2D eigenvalue weighted by Gasteiger charge is 2.00. The molecule has 0 aliphatic carbocycles. The molecule has 0 aromatic heterocycles. The molecule has 0 heterocycles. The molecule has 2 rings (SSSR count). The molecule has 0 radical (unpaired) electrons. The Balaban J connectivity index is 2.05. The summed E-state index contributed by atoms with van der Waals surface area (Å²) in [5, 5.41) is 16.4. The van der Waals surface area contributed by atoms with E-state index in [1.807, 2.05) is 31.2 Å². The van der Waals surface area contributed by atoms with Crippen LogP contribution in [0.1, 0.15) is 22.3 Å². The summed E-state index contributed by atoms with van der Waals surface area (Å²) in [6.45, 7) is 2.01. The zero-order valence-electron chi connectivity index (χ0n) is 10.9. The lowest BCUT2D eigenvalue weighted by Crippen LogP contribution is -1.87. The SMILES string of the molecule is Cc1ccc(/C=N/N=C/c2ccc(C#N)c(F)c2)cc1. The Morgan fingerprint density at radius 2 is 1.60 bits per heavy atom. The van der Waals surface area contributed by atoms with Gasteiger partial charge >= 0.3 is 0 Å². The molecule has 4 heteroatoms. The number of benzene rings is 2. The predicted molar refractivity (Wildman–Crippen MR) is 77.5 cm³/mol. The van der Waals surface area contributed by atoms with Gasteiger partial charge in [-0.25, -0.2) is 4.39 Å². The standard InChI is InChI=1S/C16H12FN3/c1-12-2-4-13(5-3-12)10-19-20-11-14-6-7-15(9-18)16(17)8-14/h2-8,10-11H,1H3/b19-10+,20-11+. The molecule has 0 N–H and O–H groups in total. The number of halogens is 1. The van der Waals surface area contributed by atoms with E-state index >= 15 is 0 Å². The largest absolute Gasteiger partial charge is 0.206 e. The van der Waals surface area contributed by atoms with Gasteiger partial charge in [-0.3, -0.25) is 0 Å². The third-order valence-electron chi connectivity index (χ3n) is 2.67. The second-order valence-corrected chi connectivity index (χ2v) is 4.25. The predicted octanol–water partition coefficient (Wildman–Crippen LogP) is 3.46. The van der Waals surface area contributed by atoms with Crippen molar-refractivity contribution >= 4 is 12.4 Å². The molecule has 2 aromatic rings. The van der Waals surface area contributed by atoms with Gasteiger partial charge in [-0.05, 0) is 30.2 Å². The van der Waals surface area contributed by atoms with Crippen LogP contribution in [0.5, 0.6) is 0 Å². The van der Waals surface area contributed by atoms with Crippen LogP contribution >= 0.6 is 0 Å². The molecule has 0 atom stereocenters. The van der Waals surface area contributed by atoms with Gasteiger partial charge in [0.1, 0.15) is 11.9 Å². The summed E-state index contributed by atoms with van der Waals surface area (Å²) in [5.41, 5.74) is 2.70. The zero-order chi connectivity index (χ0) is 14.4. The Labute approximate surface area is 116 Å². The average molecular weight is 265 g/mol. The van der Waals surface area contributed by atoms with Crippen molar-refractivity contribution in [2.24, 2.45) is 10.2 Å². The van der Waals surface area contributed by atoms with Crippen LogP contribution < -0.4 is 0 Å². The first kappa shape index (κ1) is 13.6. The first-order valence-electron chi connectivity index (χ1n) is 6.02. The molecule has 0 spiro atoms. The molecule has 3 nitrogen and oxygen atoms in total. The van der Waals surface area contributed by atoms with Gasteiger partial charge in [-0.15, -0.1) is 0 Å². The smallest absolute Gasteiger partial charge is 0.141 e. The Bertz CT molecular complexity index is 695. The van der Waals surface area contributed by atoms with Crippen LogP contribution in [-0.2, 0) is 0 Å². The van der Waals surface area contributed by atoms with Crippen molar-refractivity contribution < 1.29 is 4.39 Å². The van der Waals surface area contributed by atoms with Crippen LogP contribution in [0.4, 0.5) is 4.39 Å². The molecular weight excluding hydrogens is 253 g/mol. The van der Waals surface area contributed by atoms with Crippen molar-refractivity contribution in [3.05, 3.63) is 70.5 Å². The molecular formula is C16H12FN3. The van der Waals surface area contributed by atoms with Crippen molar-refractivity contribution in [3.8, 4) is 6.07 Å². The van der Waals surface area contributed by atoms with E-state index in [4.69, 9.17) is 5.26 Å². The summed E-state index contributed by atoms with van der Waals surface area (Å²) < 4.78 is 13.3. The monoisotopic (exact) mass is 265 g/mol. The van der Waals surface area contributed by atoms with E-state index in [0.717, 1.165) is 5.56 Å². The Kier molecular flexibility index (Phi) is 4.35. The highest BCUT2D eigenvalue weighted by Crippen LogP contribution is 2.07. The van der Waals surface area contributed by atoms with Gasteiger partial charge in [0.15, 0.2) is 0 Å². The molecule has 0 bridgehead atoms. The number of nitrogens with zero attached hydrogens (tertiary/aromatic N) is 3. The first-order chi connectivity index (χ1) is 9.69. The van der Waals surface area contributed by atoms with E-state index in [1.54, 1.807) is 18.4 Å². The van der Waals surface area contributed by atoms with Gasteiger partial charge in [0.25, 0.3) is 0 Å². The van der Waals surface area contributed by atoms with Crippen LogP contribution in [-0.4, -0.2) is 12.4 Å². The lowest BCUT2D eigenvalue weighted by molar-refractivity contribution is 0.623. The number of hydrogen-bond donors (Lipinski definition) is 0. The zero-order valence-corrected chi connectivity index (χ0v) is 10.9. The van der Waals surface area contributed by atoms with Crippen LogP contribution in [0.3, 0.4) is 0 Å². The molecule has 98 valence electrons. The van der Waals surface area contributed by atoms with Crippen molar-refractivity contribution in [2.45, 2.75) is 6.92 Å². The van der Waals surface area contributed by atoms with Crippen molar-refractivity contribution in [2.75, 3.05) is 0 Å². The molecule has 0 aliphatic heterocycles. The topological polar surface area (TPSA) is 48.5 Å². The summed E-state index contributed by atoms with van der Waals surface area (Å²) in [5.74, 6) is -0.557. The minimum Gasteiger partial charge on any atom is -0.206 e. The first-order valence-corrected chi connectivity index (χ1v) is 6.02. The second kappa shape index (κ2) is 6.39. The maximum Gasteiger partial charge on any atom is 0.141 e. The fourth-order valence-electron chi connectivity index (χ4n) is 1.55. The highest BCUT2D eigenvalue weighted by atomic mass is 19.1. The molecule has 20 heavy (non-hydrogen) atoms. The summed E-state index contributed by atoms with van der Waals surface area (Å²) >= 11 is 0. The van der Waals surface area contributed by atoms with Gasteiger partial charge < -0.3 is 0 Å². The second-order valence-electron chi connectivity index (χ2n) is 4.25. The molecule has 0 fully saturated rings.